The number of halogens is 1. The van der Waals surface area contributed by atoms with Crippen molar-refractivity contribution in [3.63, 3.8) is 0 Å². The van der Waals surface area contributed by atoms with Gasteiger partial charge >= 0.3 is 0 Å². The van der Waals surface area contributed by atoms with Gasteiger partial charge in [-0.1, -0.05) is 11.6 Å². The number of imide groups is 2. The van der Waals surface area contributed by atoms with Crippen LogP contribution in [0.25, 0.3) is 0 Å². The Labute approximate surface area is 328 Å². The Hall–Kier alpha value is -5.59. The number of rotatable bonds is 8. The van der Waals surface area contributed by atoms with Crippen LogP contribution in [0.4, 0.5) is 11.6 Å². The molecule has 1 aliphatic carbocycles. The lowest BCUT2D eigenvalue weighted by Gasteiger charge is -2.43. The van der Waals surface area contributed by atoms with Crippen molar-refractivity contribution in [2.45, 2.75) is 75.6 Å². The van der Waals surface area contributed by atoms with Crippen LogP contribution in [0, 0.1) is 11.3 Å². The minimum atomic E-state index is -0.981. The highest BCUT2D eigenvalue weighted by Crippen LogP contribution is 2.33. The molecule has 3 aromatic rings. The summed E-state index contributed by atoms with van der Waals surface area (Å²) in [6.07, 6.45) is 8.47. The Balaban J connectivity index is 0.772. The van der Waals surface area contributed by atoms with Crippen molar-refractivity contribution in [1.29, 1.82) is 5.26 Å². The van der Waals surface area contributed by atoms with E-state index in [1.807, 2.05) is 12.1 Å². The molecule has 1 saturated carbocycles. The van der Waals surface area contributed by atoms with Gasteiger partial charge in [-0.05, 0) is 75.3 Å². The Morgan fingerprint density at radius 1 is 0.839 bits per heavy atom. The average Bonchev–Trinajstić information content (AvgIpc) is 3.46. The van der Waals surface area contributed by atoms with E-state index in [4.69, 9.17) is 21.6 Å². The number of carbonyl (C=O) groups is 5. The van der Waals surface area contributed by atoms with Crippen molar-refractivity contribution in [3.8, 4) is 11.8 Å². The molecule has 0 bridgehead atoms. The number of piperidine rings is 2. The zero-order valence-electron chi connectivity index (χ0n) is 30.8. The zero-order chi connectivity index (χ0) is 38.9. The molecule has 15 nitrogen and oxygen atoms in total. The molecule has 0 radical (unpaired) electrons. The molecule has 5 heterocycles. The molecule has 5 aliphatic rings. The molecule has 2 N–H and O–H groups in total. The molecule has 5 amide bonds. The van der Waals surface area contributed by atoms with Gasteiger partial charge in [-0.2, -0.15) is 5.26 Å². The van der Waals surface area contributed by atoms with E-state index in [1.54, 1.807) is 42.7 Å². The number of nitrogens with zero attached hydrogens (tertiary/aromatic N) is 7. The van der Waals surface area contributed by atoms with Crippen LogP contribution in [0.3, 0.4) is 0 Å². The molecule has 8 rings (SSSR count). The Morgan fingerprint density at radius 2 is 1.55 bits per heavy atom. The molecule has 0 spiro atoms. The maximum absolute atomic E-state index is 13.3. The third-order valence-corrected chi connectivity index (χ3v) is 12.0. The Bertz CT molecular complexity index is 2080. The van der Waals surface area contributed by atoms with Gasteiger partial charge in [0.1, 0.15) is 17.9 Å². The van der Waals surface area contributed by atoms with Crippen molar-refractivity contribution in [1.82, 2.24) is 30.4 Å². The standard InChI is InChI=1S/C40H42ClN9O6/c41-33-20-30(5-1-24(33)21-42)56-29-6-2-26(3-7-29)45-36(52)25-22-43-40(44-23-25)49-17-15-48(16-18-49)27-11-13-47(14-12-27)28-4-8-31-32(19-28)39(55)50(38(31)54)34-9-10-35(51)46-37(34)53/h1,4-5,8,19-20,22-23,26-27,29,34H,2-3,6-7,9-18H2,(H,45,52)(H,46,51,53). The van der Waals surface area contributed by atoms with Crippen molar-refractivity contribution in [2.24, 2.45) is 0 Å². The molecule has 4 aliphatic heterocycles. The third kappa shape index (κ3) is 7.63. The van der Waals surface area contributed by atoms with Crippen LogP contribution < -0.4 is 25.2 Å². The van der Waals surface area contributed by atoms with E-state index < -0.39 is 29.7 Å². The summed E-state index contributed by atoms with van der Waals surface area (Å²) in [6, 6.07) is 11.9. The molecule has 56 heavy (non-hydrogen) atoms. The van der Waals surface area contributed by atoms with Crippen molar-refractivity contribution >= 4 is 52.8 Å². The number of hydrogen-bond acceptors (Lipinski definition) is 12. The third-order valence-electron chi connectivity index (χ3n) is 11.6. The van der Waals surface area contributed by atoms with E-state index in [0.717, 1.165) is 88.4 Å². The predicted octanol–water partition coefficient (Wildman–Crippen LogP) is 3.31. The number of piperazine rings is 1. The van der Waals surface area contributed by atoms with E-state index in [2.05, 4.69) is 35.3 Å². The molecule has 2 aromatic carbocycles. The summed E-state index contributed by atoms with van der Waals surface area (Å²) in [5.41, 5.74) is 2.29. The summed E-state index contributed by atoms with van der Waals surface area (Å²) in [7, 11) is 0. The fraction of sp³-hybridized carbons (Fsp3) is 0.450. The first-order valence-corrected chi connectivity index (χ1v) is 19.6. The summed E-state index contributed by atoms with van der Waals surface area (Å²) in [6.45, 7) is 4.89. The van der Waals surface area contributed by atoms with Gasteiger partial charge in [-0.15, -0.1) is 0 Å². The van der Waals surface area contributed by atoms with Gasteiger partial charge in [-0.25, -0.2) is 9.97 Å². The minimum absolute atomic E-state index is 0.0172. The number of nitrogens with one attached hydrogen (secondary N) is 2. The van der Waals surface area contributed by atoms with Crippen molar-refractivity contribution in [2.75, 3.05) is 49.1 Å². The molecular formula is C40H42ClN9O6. The zero-order valence-corrected chi connectivity index (χ0v) is 31.5. The second-order valence-corrected chi connectivity index (χ2v) is 15.4. The summed E-state index contributed by atoms with van der Waals surface area (Å²) in [5.74, 6) is -0.951. The van der Waals surface area contributed by atoms with Crippen molar-refractivity contribution < 1.29 is 28.7 Å². The summed E-state index contributed by atoms with van der Waals surface area (Å²) >= 11 is 6.14. The second-order valence-electron chi connectivity index (χ2n) is 15.0. The number of benzene rings is 2. The van der Waals surface area contributed by atoms with Crippen LogP contribution in [0.5, 0.6) is 5.75 Å². The van der Waals surface area contributed by atoms with Crippen LogP contribution >= 0.6 is 11.6 Å². The first-order chi connectivity index (χ1) is 27.1. The molecule has 1 unspecified atom stereocenters. The van der Waals surface area contributed by atoms with Crippen LogP contribution in [0.2, 0.25) is 5.02 Å². The van der Waals surface area contributed by atoms with Crippen LogP contribution in [-0.2, 0) is 9.59 Å². The molecular weight excluding hydrogens is 738 g/mol. The fourth-order valence-electron chi connectivity index (χ4n) is 8.48. The van der Waals surface area contributed by atoms with Gasteiger partial charge in [0.05, 0.1) is 33.4 Å². The molecule has 16 heteroatoms. The fourth-order valence-corrected chi connectivity index (χ4v) is 8.69. The summed E-state index contributed by atoms with van der Waals surface area (Å²) < 4.78 is 6.08. The first-order valence-electron chi connectivity index (χ1n) is 19.2. The monoisotopic (exact) mass is 779 g/mol. The number of anilines is 2. The quantitative estimate of drug-likeness (QED) is 0.319. The number of nitriles is 1. The maximum Gasteiger partial charge on any atom is 0.262 e. The van der Waals surface area contributed by atoms with Gasteiger partial charge in [0.25, 0.3) is 17.7 Å². The van der Waals surface area contributed by atoms with Gasteiger partial charge in [0.2, 0.25) is 17.8 Å². The van der Waals surface area contributed by atoms with Gasteiger partial charge in [0, 0.05) is 81.9 Å². The highest BCUT2D eigenvalue weighted by atomic mass is 35.5. The predicted molar refractivity (Wildman–Crippen MR) is 204 cm³/mol. The lowest BCUT2D eigenvalue weighted by atomic mass is 9.92. The Kier molecular flexibility index (Phi) is 10.6. The van der Waals surface area contributed by atoms with Crippen LogP contribution in [-0.4, -0.2) is 113 Å². The van der Waals surface area contributed by atoms with Gasteiger partial charge in [-0.3, -0.25) is 39.1 Å². The van der Waals surface area contributed by atoms with E-state index >= 15 is 0 Å². The number of hydrogen-bond donors (Lipinski definition) is 2. The lowest BCUT2D eigenvalue weighted by Crippen LogP contribution is -2.54. The number of carbonyl (C=O) groups excluding carboxylic acids is 5. The van der Waals surface area contributed by atoms with Crippen LogP contribution in [0.15, 0.2) is 48.8 Å². The summed E-state index contributed by atoms with van der Waals surface area (Å²) in [4.78, 5) is 80.5. The number of amides is 5. The molecule has 1 aromatic heterocycles. The van der Waals surface area contributed by atoms with Gasteiger partial charge < -0.3 is 19.9 Å². The highest BCUT2D eigenvalue weighted by molar-refractivity contribution is 6.31. The van der Waals surface area contributed by atoms with E-state index in [0.29, 0.717) is 39.5 Å². The second kappa shape index (κ2) is 15.9. The van der Waals surface area contributed by atoms with Crippen LogP contribution in [0.1, 0.15) is 88.0 Å². The highest BCUT2D eigenvalue weighted by Gasteiger charge is 2.45. The normalized spacial score (nSPS) is 23.4. The maximum atomic E-state index is 13.3. The number of ether oxygens (including phenoxy) is 1. The molecule has 1 atom stereocenters. The summed E-state index contributed by atoms with van der Waals surface area (Å²) in [5, 5.41) is 14.8. The lowest BCUT2D eigenvalue weighted by molar-refractivity contribution is -0.136. The first kappa shape index (κ1) is 37.3. The smallest absolute Gasteiger partial charge is 0.262 e. The molecule has 3 saturated heterocycles. The van der Waals surface area contributed by atoms with E-state index in [9.17, 15) is 24.0 Å². The molecule has 4 fully saturated rings. The van der Waals surface area contributed by atoms with E-state index in [1.165, 1.54) is 0 Å². The topological polar surface area (TPSA) is 181 Å². The Morgan fingerprint density at radius 3 is 2.23 bits per heavy atom. The number of aromatic nitrogens is 2. The van der Waals surface area contributed by atoms with Gasteiger partial charge in [0.15, 0.2) is 0 Å². The van der Waals surface area contributed by atoms with Crippen molar-refractivity contribution in [3.05, 3.63) is 76.1 Å². The largest absolute Gasteiger partial charge is 0.490 e. The molecule has 290 valence electrons. The average molecular weight is 780 g/mol. The number of fused-ring (bicyclic) bond motifs is 1. The minimum Gasteiger partial charge on any atom is -0.490 e. The van der Waals surface area contributed by atoms with E-state index in [-0.39, 0.29) is 36.5 Å². The SMILES string of the molecule is N#Cc1ccc(OC2CCC(NC(=O)c3cnc(N4CCN(C5CCN(c6ccc7c(c6)C(=O)N(C6CCC(=O)NC6=O)C7=O)CC5)CC4)nc3)CC2)cc1Cl.